The minimum absolute atomic E-state index is 0.0932. The Morgan fingerprint density at radius 3 is 2.65 bits per heavy atom. The summed E-state index contributed by atoms with van der Waals surface area (Å²) in [5, 5.41) is 1.80. The number of carbonyl (C=O) groups excluding carboxylic acids is 1. The third-order valence-corrected chi connectivity index (χ3v) is 4.19. The predicted molar refractivity (Wildman–Crippen MR) is 84.6 cm³/mol. The monoisotopic (exact) mass is 330 g/mol. The van der Waals surface area contributed by atoms with Crippen molar-refractivity contribution in [1.29, 1.82) is 0 Å². The molecule has 0 saturated carbocycles. The quantitative estimate of drug-likeness (QED) is 0.702. The zero-order chi connectivity index (χ0) is 16.4. The topological polar surface area (TPSA) is 34.4 Å². The third kappa shape index (κ3) is 3.12. The molecule has 3 rings (SSSR count). The van der Waals surface area contributed by atoms with E-state index in [0.717, 1.165) is 5.69 Å². The van der Waals surface area contributed by atoms with Crippen molar-refractivity contribution in [3.63, 3.8) is 0 Å². The summed E-state index contributed by atoms with van der Waals surface area (Å²) < 4.78 is 28.8. The van der Waals surface area contributed by atoms with Gasteiger partial charge in [0, 0.05) is 11.1 Å². The van der Waals surface area contributed by atoms with Gasteiger partial charge in [0.15, 0.2) is 4.80 Å². The molecule has 3 aromatic rings. The van der Waals surface area contributed by atoms with E-state index >= 15 is 0 Å². The smallest absolute Gasteiger partial charge is 0.282 e. The second-order valence-corrected chi connectivity index (χ2v) is 5.71. The van der Waals surface area contributed by atoms with Crippen LogP contribution in [0.5, 0.6) is 0 Å². The van der Waals surface area contributed by atoms with Crippen LogP contribution in [0.15, 0.2) is 58.9 Å². The molecule has 0 aliphatic rings. The Labute approximate surface area is 135 Å². The highest BCUT2D eigenvalue weighted by molar-refractivity contribution is 7.07. The van der Waals surface area contributed by atoms with Crippen LogP contribution < -0.4 is 4.80 Å². The Bertz CT molecular complexity index is 944. The molecule has 0 aliphatic carbocycles. The molecule has 0 unspecified atom stereocenters. The highest BCUT2D eigenvalue weighted by atomic mass is 32.1. The fourth-order valence-electron chi connectivity index (χ4n) is 2.18. The standard InChI is InChI=1S/C17H12F2N2OS/c1-11-10-23-17(21(11)13-6-4-5-12(18)9-13)20-16(22)14-7-2-3-8-15(14)19/h2-10H,1H3. The van der Waals surface area contributed by atoms with Crippen LogP contribution >= 0.6 is 11.3 Å². The number of thiazole rings is 1. The summed E-state index contributed by atoms with van der Waals surface area (Å²) in [7, 11) is 0. The molecule has 0 fully saturated rings. The lowest BCUT2D eigenvalue weighted by Gasteiger charge is -2.05. The normalized spacial score (nSPS) is 11.7. The van der Waals surface area contributed by atoms with Crippen molar-refractivity contribution in [3.05, 3.63) is 81.6 Å². The predicted octanol–water partition coefficient (Wildman–Crippen LogP) is 3.87. The average Bonchev–Trinajstić information content (AvgIpc) is 2.88. The van der Waals surface area contributed by atoms with Gasteiger partial charge in [0.25, 0.3) is 5.91 Å². The fourth-order valence-corrected chi connectivity index (χ4v) is 3.05. The molecule has 23 heavy (non-hydrogen) atoms. The maximum Gasteiger partial charge on any atom is 0.282 e. The Balaban J connectivity index is 2.12. The molecule has 116 valence electrons. The molecule has 1 amide bonds. The first kappa shape index (κ1) is 15.3. The molecular weight excluding hydrogens is 318 g/mol. The molecule has 3 nitrogen and oxygen atoms in total. The number of aryl methyl sites for hydroxylation is 1. The van der Waals surface area contributed by atoms with E-state index in [4.69, 9.17) is 0 Å². The number of benzene rings is 2. The minimum atomic E-state index is -0.671. The van der Waals surface area contributed by atoms with Gasteiger partial charge in [-0.25, -0.2) is 8.78 Å². The molecule has 0 radical (unpaired) electrons. The van der Waals surface area contributed by atoms with Gasteiger partial charge < -0.3 is 0 Å². The molecule has 0 saturated heterocycles. The molecule has 0 aliphatic heterocycles. The van der Waals surface area contributed by atoms with Crippen molar-refractivity contribution in [2.75, 3.05) is 0 Å². The maximum absolute atomic E-state index is 13.7. The number of halogens is 2. The molecular formula is C17H12F2N2OS. The van der Waals surface area contributed by atoms with E-state index in [1.807, 2.05) is 6.92 Å². The van der Waals surface area contributed by atoms with Gasteiger partial charge >= 0.3 is 0 Å². The van der Waals surface area contributed by atoms with Crippen LogP contribution in [0.25, 0.3) is 5.69 Å². The Morgan fingerprint density at radius 2 is 1.91 bits per heavy atom. The summed E-state index contributed by atoms with van der Waals surface area (Å²) in [5.74, 6) is -1.67. The fraction of sp³-hybridized carbons (Fsp3) is 0.0588. The molecule has 1 aromatic heterocycles. The van der Waals surface area contributed by atoms with E-state index in [2.05, 4.69) is 4.99 Å². The molecule has 0 atom stereocenters. The van der Waals surface area contributed by atoms with Gasteiger partial charge in [-0.3, -0.25) is 9.36 Å². The number of rotatable bonds is 2. The number of hydrogen-bond acceptors (Lipinski definition) is 2. The van der Waals surface area contributed by atoms with Gasteiger partial charge in [-0.05, 0) is 37.3 Å². The first-order valence-corrected chi connectivity index (χ1v) is 7.71. The van der Waals surface area contributed by atoms with Crippen molar-refractivity contribution >= 4 is 17.2 Å². The summed E-state index contributed by atoms with van der Waals surface area (Å²) >= 11 is 1.24. The van der Waals surface area contributed by atoms with Crippen molar-refractivity contribution in [2.45, 2.75) is 6.92 Å². The number of carbonyl (C=O) groups is 1. The van der Waals surface area contributed by atoms with Crippen molar-refractivity contribution in [1.82, 2.24) is 4.57 Å². The molecule has 1 heterocycles. The number of hydrogen-bond donors (Lipinski definition) is 0. The van der Waals surface area contributed by atoms with E-state index in [-0.39, 0.29) is 11.4 Å². The Hall–Kier alpha value is -2.60. The second-order valence-electron chi connectivity index (χ2n) is 4.87. The summed E-state index contributed by atoms with van der Waals surface area (Å²) in [6.07, 6.45) is 0. The van der Waals surface area contributed by atoms with Gasteiger partial charge in [-0.2, -0.15) is 4.99 Å². The van der Waals surface area contributed by atoms with Gasteiger partial charge in [0.05, 0.1) is 11.3 Å². The summed E-state index contributed by atoms with van der Waals surface area (Å²) in [6, 6.07) is 11.7. The van der Waals surface area contributed by atoms with Crippen LogP contribution in [0.2, 0.25) is 0 Å². The van der Waals surface area contributed by atoms with E-state index in [1.165, 1.54) is 41.7 Å². The number of nitrogens with zero attached hydrogens (tertiary/aromatic N) is 2. The van der Waals surface area contributed by atoms with Crippen molar-refractivity contribution < 1.29 is 13.6 Å². The molecule has 0 bridgehead atoms. The van der Waals surface area contributed by atoms with Crippen LogP contribution in [0.1, 0.15) is 16.1 Å². The number of aromatic nitrogens is 1. The largest absolute Gasteiger partial charge is 0.290 e. The van der Waals surface area contributed by atoms with Crippen LogP contribution in [0, 0.1) is 18.6 Å². The average molecular weight is 330 g/mol. The van der Waals surface area contributed by atoms with Gasteiger partial charge in [0.2, 0.25) is 0 Å². The van der Waals surface area contributed by atoms with Crippen molar-refractivity contribution in [2.24, 2.45) is 4.99 Å². The minimum Gasteiger partial charge on any atom is -0.290 e. The van der Waals surface area contributed by atoms with Gasteiger partial charge in [-0.15, -0.1) is 11.3 Å². The molecule has 0 N–H and O–H groups in total. The summed E-state index contributed by atoms with van der Waals surface area (Å²) in [5.41, 5.74) is 1.27. The third-order valence-electron chi connectivity index (χ3n) is 3.25. The highest BCUT2D eigenvalue weighted by Gasteiger charge is 2.11. The van der Waals surface area contributed by atoms with Crippen LogP contribution in [0.4, 0.5) is 8.78 Å². The van der Waals surface area contributed by atoms with E-state index in [1.54, 1.807) is 28.1 Å². The van der Waals surface area contributed by atoms with E-state index in [9.17, 15) is 13.6 Å². The summed E-state index contributed by atoms with van der Waals surface area (Å²) in [4.78, 5) is 16.6. The van der Waals surface area contributed by atoms with E-state index < -0.39 is 11.7 Å². The first-order valence-electron chi connectivity index (χ1n) is 6.83. The molecule has 2 aromatic carbocycles. The molecule has 6 heteroatoms. The highest BCUT2D eigenvalue weighted by Crippen LogP contribution is 2.13. The van der Waals surface area contributed by atoms with E-state index in [0.29, 0.717) is 10.5 Å². The van der Waals surface area contributed by atoms with Crippen molar-refractivity contribution in [3.8, 4) is 5.69 Å². The lowest BCUT2D eigenvalue weighted by molar-refractivity contribution is 0.0994. The van der Waals surface area contributed by atoms with Crippen LogP contribution in [-0.2, 0) is 0 Å². The van der Waals surface area contributed by atoms with Gasteiger partial charge in [-0.1, -0.05) is 18.2 Å². The lowest BCUT2D eigenvalue weighted by atomic mass is 10.2. The SMILES string of the molecule is Cc1csc(=NC(=O)c2ccccc2F)n1-c1cccc(F)c1. The first-order chi connectivity index (χ1) is 11.1. The summed E-state index contributed by atoms with van der Waals surface area (Å²) in [6.45, 7) is 1.83. The van der Waals surface area contributed by atoms with Crippen LogP contribution in [-0.4, -0.2) is 10.5 Å². The van der Waals surface area contributed by atoms with Gasteiger partial charge in [0.1, 0.15) is 11.6 Å². The lowest BCUT2D eigenvalue weighted by Crippen LogP contribution is -2.17. The van der Waals surface area contributed by atoms with Crippen LogP contribution in [0.3, 0.4) is 0 Å². The number of amides is 1. The molecule has 0 spiro atoms. The Kier molecular flexibility index (Phi) is 4.16. The zero-order valence-electron chi connectivity index (χ0n) is 12.2. The maximum atomic E-state index is 13.7. The Morgan fingerprint density at radius 1 is 1.13 bits per heavy atom. The second kappa shape index (κ2) is 6.26. The zero-order valence-corrected chi connectivity index (χ0v) is 13.0.